The highest BCUT2D eigenvalue weighted by Gasteiger charge is 2.25. The number of hydrogen-bond donors (Lipinski definition) is 3. The van der Waals surface area contributed by atoms with E-state index >= 15 is 0 Å². The zero-order valence-electron chi connectivity index (χ0n) is 16.7. The number of β-amino-alcohol motifs (C(OH)–C–C–N with tert-alkyl or cyclic N) is 1. The fourth-order valence-corrected chi connectivity index (χ4v) is 4.36. The summed E-state index contributed by atoms with van der Waals surface area (Å²) in [6.45, 7) is 3.06. The Labute approximate surface area is 188 Å². The number of ether oxygens (including phenoxy) is 1. The predicted octanol–water partition coefficient (Wildman–Crippen LogP) is 4.01. The molecule has 0 bridgehead atoms. The molecule has 1 aromatic carbocycles. The molecule has 3 heterocycles. The summed E-state index contributed by atoms with van der Waals surface area (Å²) in [6.07, 6.45) is 4.79. The maximum absolute atomic E-state index is 13.9. The van der Waals surface area contributed by atoms with Crippen LogP contribution < -0.4 is 15.8 Å². The first-order valence-corrected chi connectivity index (χ1v) is 10.6. The van der Waals surface area contributed by atoms with Crippen LogP contribution >= 0.6 is 23.2 Å². The largest absolute Gasteiger partial charge is 0.482 e. The van der Waals surface area contributed by atoms with Crippen molar-refractivity contribution in [3.05, 3.63) is 58.2 Å². The van der Waals surface area contributed by atoms with E-state index in [1.54, 1.807) is 30.1 Å². The van der Waals surface area contributed by atoms with Crippen LogP contribution in [0.5, 0.6) is 5.75 Å². The van der Waals surface area contributed by atoms with E-state index in [2.05, 4.69) is 15.4 Å². The Morgan fingerprint density at radius 3 is 2.90 bits per heavy atom. The van der Waals surface area contributed by atoms with Crippen molar-refractivity contribution < 1.29 is 14.2 Å². The molecule has 1 aliphatic rings. The van der Waals surface area contributed by atoms with Gasteiger partial charge in [-0.25, -0.2) is 9.37 Å². The van der Waals surface area contributed by atoms with Crippen molar-refractivity contribution in [2.24, 2.45) is 0 Å². The molecule has 0 unspecified atom stereocenters. The first-order chi connectivity index (χ1) is 14.8. The zero-order chi connectivity index (χ0) is 22.1. The summed E-state index contributed by atoms with van der Waals surface area (Å²) in [5.41, 5.74) is 7.88. The van der Waals surface area contributed by atoms with Gasteiger partial charge in [0, 0.05) is 40.7 Å². The molecule has 0 spiro atoms. The van der Waals surface area contributed by atoms with Gasteiger partial charge >= 0.3 is 0 Å². The van der Waals surface area contributed by atoms with Crippen LogP contribution in [0.2, 0.25) is 10.0 Å². The van der Waals surface area contributed by atoms with Crippen molar-refractivity contribution in [1.29, 1.82) is 0 Å². The van der Waals surface area contributed by atoms with Crippen LogP contribution in [0.25, 0.3) is 11.1 Å². The summed E-state index contributed by atoms with van der Waals surface area (Å²) in [7, 11) is 0. The Morgan fingerprint density at radius 1 is 1.32 bits per heavy atom. The summed E-state index contributed by atoms with van der Waals surface area (Å²) in [6, 6.07) is 4.28. The number of nitrogens with two attached hydrogens (primary N) is 1. The van der Waals surface area contributed by atoms with Crippen LogP contribution in [-0.4, -0.2) is 39.1 Å². The molecule has 0 radical (unpaired) electrons. The van der Waals surface area contributed by atoms with E-state index in [1.165, 1.54) is 12.1 Å². The Morgan fingerprint density at radius 2 is 2.13 bits per heavy atom. The number of pyridine rings is 1. The van der Waals surface area contributed by atoms with E-state index in [1.807, 2.05) is 6.20 Å². The lowest BCUT2D eigenvalue weighted by Crippen LogP contribution is -2.41. The molecule has 10 heteroatoms. The van der Waals surface area contributed by atoms with Gasteiger partial charge in [-0.1, -0.05) is 23.2 Å². The Hall–Kier alpha value is -2.39. The van der Waals surface area contributed by atoms with Gasteiger partial charge in [-0.05, 0) is 38.1 Å². The molecule has 31 heavy (non-hydrogen) atoms. The molecule has 4 N–H and O–H groups in total. The van der Waals surface area contributed by atoms with Crippen molar-refractivity contribution >= 4 is 29.0 Å². The molecular weight excluding hydrogens is 444 g/mol. The lowest BCUT2D eigenvalue weighted by Gasteiger charge is -2.28. The zero-order valence-corrected chi connectivity index (χ0v) is 18.2. The quantitative estimate of drug-likeness (QED) is 0.492. The summed E-state index contributed by atoms with van der Waals surface area (Å²) >= 11 is 12.3. The lowest BCUT2D eigenvalue weighted by atomic mass is 10.0. The molecule has 1 aliphatic heterocycles. The molecule has 1 fully saturated rings. The summed E-state index contributed by atoms with van der Waals surface area (Å²) in [4.78, 5) is 4.22. The standard InChI is InChI=1S/C21H22Cl2FN5O2/c1-11(19-14(22)2-3-15(24)20(19)23)31-18-6-12(7-27-21(18)25)13-8-28-29(10-13)16-4-5-26-9-17(16)30/h2-3,6-8,10-11,16-17,26,30H,4-5,9H2,1H3,(H2,25,27)/t11-,16+,17+/m1/s1. The number of hydrogen-bond acceptors (Lipinski definition) is 6. The smallest absolute Gasteiger partial charge is 0.166 e. The SMILES string of the molecule is C[C@@H](Oc1cc(-c2cnn([C@H]3CCNC[C@@H]3O)c2)cnc1N)c1c(Cl)ccc(F)c1Cl. The summed E-state index contributed by atoms with van der Waals surface area (Å²) < 4.78 is 21.6. The second-order valence-electron chi connectivity index (χ2n) is 7.46. The van der Waals surface area contributed by atoms with Gasteiger partial charge < -0.3 is 20.9 Å². The van der Waals surface area contributed by atoms with Gasteiger partial charge in [0.15, 0.2) is 11.6 Å². The van der Waals surface area contributed by atoms with Crippen LogP contribution in [0.1, 0.15) is 31.1 Å². The van der Waals surface area contributed by atoms with Crippen molar-refractivity contribution in [2.75, 3.05) is 18.8 Å². The molecule has 3 atom stereocenters. The average Bonchev–Trinajstić information content (AvgIpc) is 3.23. The van der Waals surface area contributed by atoms with E-state index in [0.717, 1.165) is 24.1 Å². The van der Waals surface area contributed by atoms with Crippen molar-refractivity contribution in [3.8, 4) is 16.9 Å². The summed E-state index contributed by atoms with van der Waals surface area (Å²) in [5.74, 6) is -0.0830. The van der Waals surface area contributed by atoms with Crippen molar-refractivity contribution in [2.45, 2.75) is 31.6 Å². The van der Waals surface area contributed by atoms with E-state index < -0.39 is 18.0 Å². The van der Waals surface area contributed by atoms with Gasteiger partial charge in [0.1, 0.15) is 11.9 Å². The van der Waals surface area contributed by atoms with Crippen molar-refractivity contribution in [3.63, 3.8) is 0 Å². The number of nitrogens with one attached hydrogen (secondary N) is 1. The Kier molecular flexibility index (Phi) is 6.34. The number of piperidine rings is 1. The molecule has 0 amide bonds. The number of aliphatic hydroxyl groups excluding tert-OH is 1. The first-order valence-electron chi connectivity index (χ1n) is 9.84. The van der Waals surface area contributed by atoms with Crippen molar-refractivity contribution in [1.82, 2.24) is 20.1 Å². The van der Waals surface area contributed by atoms with Gasteiger partial charge in [0.2, 0.25) is 0 Å². The minimum absolute atomic E-state index is 0.0928. The van der Waals surface area contributed by atoms with Gasteiger partial charge in [0.05, 0.1) is 23.4 Å². The molecule has 3 aromatic rings. The van der Waals surface area contributed by atoms with E-state index in [4.69, 9.17) is 33.7 Å². The molecule has 4 rings (SSSR count). The second-order valence-corrected chi connectivity index (χ2v) is 8.25. The van der Waals surface area contributed by atoms with E-state index in [9.17, 15) is 9.50 Å². The molecule has 0 aliphatic carbocycles. The van der Waals surface area contributed by atoms with Crippen LogP contribution in [0.3, 0.4) is 0 Å². The Bertz CT molecular complexity index is 1090. The molecule has 7 nitrogen and oxygen atoms in total. The van der Waals surface area contributed by atoms with Gasteiger partial charge in [-0.15, -0.1) is 0 Å². The minimum atomic E-state index is -0.664. The normalized spacial score (nSPS) is 19.9. The number of nitrogen functional groups attached to an aromatic ring is 1. The average molecular weight is 466 g/mol. The molecule has 0 saturated carbocycles. The van der Waals surface area contributed by atoms with E-state index in [-0.39, 0.29) is 16.9 Å². The number of aliphatic hydroxyl groups is 1. The third kappa shape index (κ3) is 4.48. The molecular formula is C21H22Cl2FN5O2. The third-order valence-electron chi connectivity index (χ3n) is 5.36. The third-order valence-corrected chi connectivity index (χ3v) is 6.07. The Balaban J connectivity index is 1.59. The highest BCUT2D eigenvalue weighted by molar-refractivity contribution is 6.36. The maximum Gasteiger partial charge on any atom is 0.166 e. The topological polar surface area (TPSA) is 98.2 Å². The van der Waals surface area contributed by atoms with Crippen LogP contribution in [-0.2, 0) is 0 Å². The van der Waals surface area contributed by atoms with Gasteiger partial charge in [0.25, 0.3) is 0 Å². The number of nitrogens with zero attached hydrogens (tertiary/aromatic N) is 3. The number of anilines is 1. The number of halogens is 3. The number of rotatable bonds is 5. The molecule has 164 valence electrons. The fourth-order valence-electron chi connectivity index (χ4n) is 3.68. The second kappa shape index (κ2) is 9.00. The van der Waals surface area contributed by atoms with Crippen LogP contribution in [0, 0.1) is 5.82 Å². The number of aromatic nitrogens is 3. The lowest BCUT2D eigenvalue weighted by molar-refractivity contribution is 0.0810. The highest BCUT2D eigenvalue weighted by atomic mass is 35.5. The van der Waals surface area contributed by atoms with E-state index in [0.29, 0.717) is 22.9 Å². The van der Waals surface area contributed by atoms with Crippen LogP contribution in [0.4, 0.5) is 10.2 Å². The molecule has 1 saturated heterocycles. The van der Waals surface area contributed by atoms with Gasteiger partial charge in [-0.2, -0.15) is 5.10 Å². The van der Waals surface area contributed by atoms with Crippen LogP contribution in [0.15, 0.2) is 36.8 Å². The molecule has 2 aromatic heterocycles. The monoisotopic (exact) mass is 465 g/mol. The summed E-state index contributed by atoms with van der Waals surface area (Å²) in [5, 5.41) is 18.0. The minimum Gasteiger partial charge on any atom is -0.482 e. The fraction of sp³-hybridized carbons (Fsp3) is 0.333. The first kappa shape index (κ1) is 21.8. The number of benzene rings is 1. The highest BCUT2D eigenvalue weighted by Crippen LogP contribution is 2.37. The van der Waals surface area contributed by atoms with Gasteiger partial charge in [-0.3, -0.25) is 4.68 Å². The maximum atomic E-state index is 13.9. The predicted molar refractivity (Wildman–Crippen MR) is 118 cm³/mol.